The second kappa shape index (κ2) is 8.74. The van der Waals surface area contributed by atoms with Gasteiger partial charge in [0.15, 0.2) is 11.6 Å². The van der Waals surface area contributed by atoms with Crippen molar-refractivity contribution in [1.82, 2.24) is 9.88 Å². The van der Waals surface area contributed by atoms with Crippen molar-refractivity contribution in [2.24, 2.45) is 23.5 Å². The number of phenols is 1. The second-order valence-corrected chi connectivity index (χ2v) is 9.86. The summed E-state index contributed by atoms with van der Waals surface area (Å²) in [5.41, 5.74) is 6.92. The molecule has 3 aliphatic carbocycles. The lowest BCUT2D eigenvalue weighted by Gasteiger charge is -2.46. The third-order valence-electron chi connectivity index (χ3n) is 7.74. The molecule has 4 atom stereocenters. The van der Waals surface area contributed by atoms with Gasteiger partial charge in [-0.3, -0.25) is 24.3 Å². The number of carbonyl (C=O) groups is 3. The number of aromatic hydroxyl groups is 1. The molecule has 1 unspecified atom stereocenters. The summed E-state index contributed by atoms with van der Waals surface area (Å²) < 4.78 is 5.49. The van der Waals surface area contributed by atoms with Crippen LogP contribution in [-0.4, -0.2) is 69.9 Å². The molecule has 37 heavy (non-hydrogen) atoms. The number of hydrogen-bond donors (Lipinski definition) is 4. The number of Topliss-reactive ketones (excluding diaryl/α,β-unsaturated/α-hetero) is 2. The number of aliphatic hydroxyl groups is 2. The lowest BCUT2D eigenvalue weighted by Crippen LogP contribution is -2.55. The predicted molar refractivity (Wildman–Crippen MR) is 133 cm³/mol. The summed E-state index contributed by atoms with van der Waals surface area (Å²) in [6.07, 6.45) is 3.78. The largest absolute Gasteiger partial charge is 0.510 e. The number of likely N-dealkylation sites (N-methyl/N-ethyl adjacent to an activating group) is 1. The molecule has 0 aliphatic heterocycles. The number of methoxy groups -OCH3 is 1. The van der Waals surface area contributed by atoms with Crippen molar-refractivity contribution in [2.45, 2.75) is 18.9 Å². The molecule has 1 heterocycles. The van der Waals surface area contributed by atoms with Crippen molar-refractivity contribution in [3.63, 3.8) is 0 Å². The van der Waals surface area contributed by atoms with Crippen LogP contribution in [0.25, 0.3) is 16.9 Å². The number of nitrogens with zero attached hydrogens (tertiary/aromatic N) is 2. The number of ether oxygens (including phenoxy) is 1. The Labute approximate surface area is 212 Å². The monoisotopic (exact) mass is 505 g/mol. The molecule has 192 valence electrons. The SMILES string of the molecule is COc1ccncc1-c1ccc(O)c2c1C[C@H]1C[C@@H]3C(C(=O)C(C(N)=O)=C(O)[C@H]3N(C)C)C(=O)C1=C2O. The van der Waals surface area contributed by atoms with Crippen LogP contribution in [0.2, 0.25) is 0 Å². The molecular formula is C27H27N3O7. The first kappa shape index (κ1) is 24.5. The highest BCUT2D eigenvalue weighted by atomic mass is 16.5. The van der Waals surface area contributed by atoms with Crippen LogP contribution in [0.3, 0.4) is 0 Å². The van der Waals surface area contributed by atoms with Crippen LogP contribution in [0.1, 0.15) is 17.5 Å². The maximum atomic E-state index is 13.8. The Morgan fingerprint density at radius 2 is 1.84 bits per heavy atom. The van der Waals surface area contributed by atoms with Crippen LogP contribution in [-0.2, 0) is 20.8 Å². The van der Waals surface area contributed by atoms with Gasteiger partial charge in [-0.15, -0.1) is 0 Å². The van der Waals surface area contributed by atoms with E-state index in [4.69, 9.17) is 10.5 Å². The smallest absolute Gasteiger partial charge is 0.255 e. The van der Waals surface area contributed by atoms with E-state index in [9.17, 15) is 29.7 Å². The van der Waals surface area contributed by atoms with Crippen molar-refractivity contribution in [3.8, 4) is 22.6 Å². The Kier molecular flexibility index (Phi) is 5.79. The van der Waals surface area contributed by atoms with Gasteiger partial charge in [0, 0.05) is 23.5 Å². The maximum Gasteiger partial charge on any atom is 0.255 e. The average molecular weight is 506 g/mol. The zero-order valence-corrected chi connectivity index (χ0v) is 20.6. The molecule has 1 aromatic carbocycles. The lowest BCUT2D eigenvalue weighted by molar-refractivity contribution is -0.136. The number of pyridine rings is 1. The van der Waals surface area contributed by atoms with Crippen LogP contribution in [0, 0.1) is 17.8 Å². The minimum absolute atomic E-state index is 0.0374. The average Bonchev–Trinajstić information content (AvgIpc) is 2.83. The van der Waals surface area contributed by atoms with Crippen LogP contribution in [0.5, 0.6) is 11.5 Å². The summed E-state index contributed by atoms with van der Waals surface area (Å²) in [4.78, 5) is 45.0. The third-order valence-corrected chi connectivity index (χ3v) is 7.74. The Morgan fingerprint density at radius 3 is 2.49 bits per heavy atom. The van der Waals surface area contributed by atoms with Crippen LogP contribution in [0.4, 0.5) is 0 Å². The second-order valence-electron chi connectivity index (χ2n) is 9.86. The summed E-state index contributed by atoms with van der Waals surface area (Å²) in [5, 5.41) is 32.9. The molecule has 1 aromatic heterocycles. The Morgan fingerprint density at radius 1 is 1.11 bits per heavy atom. The molecule has 10 nitrogen and oxygen atoms in total. The van der Waals surface area contributed by atoms with Crippen LogP contribution >= 0.6 is 0 Å². The summed E-state index contributed by atoms with van der Waals surface area (Å²) in [6.45, 7) is 0. The number of fused-ring (bicyclic) bond motifs is 3. The molecule has 1 amide bonds. The number of rotatable bonds is 4. The number of phenolic OH excluding ortho intramolecular Hbond substituents is 1. The van der Waals surface area contributed by atoms with E-state index in [0.29, 0.717) is 22.4 Å². The standard InChI is InChI=1S/C27H27N3O7/c1-30(2)22-14-9-11-8-13-12(15-10-29-7-6-17(15)37-3)4-5-16(31)19(13)23(32)18(11)24(33)20(14)25(34)21(26(22)35)27(28)36/h4-7,10-11,14,20,22,31-32,35H,8-9H2,1-3H3,(H2,28,36)/t11-,14+,20?,22-/m0/s1. The topological polar surface area (TPSA) is 163 Å². The first-order valence-electron chi connectivity index (χ1n) is 11.8. The molecule has 2 aromatic rings. The van der Waals surface area contributed by atoms with E-state index in [1.807, 2.05) is 0 Å². The van der Waals surface area contributed by atoms with Crippen molar-refractivity contribution in [3.05, 3.63) is 58.6 Å². The Hall–Kier alpha value is -4.18. The number of carbonyl (C=O) groups excluding carboxylic acids is 3. The molecule has 0 radical (unpaired) electrons. The van der Waals surface area contributed by atoms with Crippen molar-refractivity contribution in [1.29, 1.82) is 0 Å². The van der Waals surface area contributed by atoms with Crippen molar-refractivity contribution < 1.29 is 34.4 Å². The fraction of sp³-hybridized carbons (Fsp3) is 0.333. The van der Waals surface area contributed by atoms with Gasteiger partial charge in [-0.1, -0.05) is 6.07 Å². The van der Waals surface area contributed by atoms with Gasteiger partial charge < -0.3 is 25.8 Å². The molecule has 0 saturated heterocycles. The van der Waals surface area contributed by atoms with Crippen LogP contribution < -0.4 is 10.5 Å². The van der Waals surface area contributed by atoms with Gasteiger partial charge in [0.1, 0.15) is 28.6 Å². The normalized spacial score (nSPS) is 25.1. The summed E-state index contributed by atoms with van der Waals surface area (Å²) in [7, 11) is 4.89. The zero-order valence-electron chi connectivity index (χ0n) is 20.6. The number of allylic oxidation sites excluding steroid dienone is 1. The predicted octanol–water partition coefficient (Wildman–Crippen LogP) is 1.92. The number of amides is 1. The molecule has 1 saturated carbocycles. The van der Waals surface area contributed by atoms with E-state index in [-0.39, 0.29) is 29.7 Å². The highest BCUT2D eigenvalue weighted by Gasteiger charge is 2.55. The van der Waals surface area contributed by atoms with Gasteiger partial charge in [-0.25, -0.2) is 0 Å². The molecular weight excluding hydrogens is 478 g/mol. The van der Waals surface area contributed by atoms with E-state index < -0.39 is 58.4 Å². The van der Waals surface area contributed by atoms with Gasteiger partial charge in [0.25, 0.3) is 5.91 Å². The molecule has 5 N–H and O–H groups in total. The van der Waals surface area contributed by atoms with Crippen molar-refractivity contribution in [2.75, 3.05) is 21.2 Å². The fourth-order valence-corrected chi connectivity index (χ4v) is 6.28. The van der Waals surface area contributed by atoms with E-state index in [1.54, 1.807) is 43.5 Å². The molecule has 5 rings (SSSR count). The summed E-state index contributed by atoms with van der Waals surface area (Å²) in [5.74, 6) is -5.51. The van der Waals surface area contributed by atoms with Gasteiger partial charge >= 0.3 is 0 Å². The van der Waals surface area contributed by atoms with Gasteiger partial charge in [-0.2, -0.15) is 0 Å². The van der Waals surface area contributed by atoms with Gasteiger partial charge in [0.2, 0.25) is 0 Å². The number of primary amides is 1. The lowest BCUT2D eigenvalue weighted by atomic mass is 9.59. The number of hydrogen-bond acceptors (Lipinski definition) is 9. The summed E-state index contributed by atoms with van der Waals surface area (Å²) in [6, 6.07) is 4.04. The minimum atomic E-state index is -1.29. The summed E-state index contributed by atoms with van der Waals surface area (Å²) >= 11 is 0. The number of aliphatic hydroxyl groups excluding tert-OH is 2. The van der Waals surface area contributed by atoms with Gasteiger partial charge in [-0.05, 0) is 62.0 Å². The number of aromatic nitrogens is 1. The molecule has 1 fully saturated rings. The highest BCUT2D eigenvalue weighted by Crippen LogP contribution is 2.52. The van der Waals surface area contributed by atoms with E-state index in [1.165, 1.54) is 13.2 Å². The Bertz CT molecular complexity index is 1430. The van der Waals surface area contributed by atoms with E-state index >= 15 is 0 Å². The van der Waals surface area contributed by atoms with Crippen molar-refractivity contribution >= 4 is 23.2 Å². The van der Waals surface area contributed by atoms with Crippen LogP contribution in [0.15, 0.2) is 47.5 Å². The molecule has 0 bridgehead atoms. The fourth-order valence-electron chi connectivity index (χ4n) is 6.28. The molecule has 3 aliphatic rings. The number of nitrogens with two attached hydrogens (primary N) is 1. The molecule has 10 heteroatoms. The van der Waals surface area contributed by atoms with E-state index in [2.05, 4.69) is 4.98 Å². The first-order valence-corrected chi connectivity index (χ1v) is 11.8. The number of benzene rings is 1. The molecule has 0 spiro atoms. The highest BCUT2D eigenvalue weighted by molar-refractivity contribution is 6.28. The first-order chi connectivity index (χ1) is 17.6. The quantitative estimate of drug-likeness (QED) is 0.359. The zero-order chi connectivity index (χ0) is 26.8. The number of ketones is 2. The van der Waals surface area contributed by atoms with Gasteiger partial charge in [0.05, 0.1) is 24.6 Å². The Balaban J connectivity index is 1.70. The third kappa shape index (κ3) is 3.51. The van der Waals surface area contributed by atoms with E-state index in [0.717, 1.165) is 0 Å². The maximum absolute atomic E-state index is 13.8. The minimum Gasteiger partial charge on any atom is -0.510 e.